The Bertz CT molecular complexity index is 902. The van der Waals surface area contributed by atoms with Gasteiger partial charge in [0.1, 0.15) is 5.75 Å². The first-order valence-corrected chi connectivity index (χ1v) is 8.90. The van der Waals surface area contributed by atoms with E-state index in [4.69, 9.17) is 4.74 Å². The van der Waals surface area contributed by atoms with Crippen LogP contribution in [-0.4, -0.2) is 12.0 Å². The van der Waals surface area contributed by atoms with Crippen LogP contribution in [0.2, 0.25) is 0 Å². The van der Waals surface area contributed by atoms with Gasteiger partial charge in [0.05, 0.1) is 0 Å². The molecular weight excluding hydrogens is 322 g/mol. The van der Waals surface area contributed by atoms with Crippen LogP contribution in [0.15, 0.2) is 66.7 Å². The summed E-state index contributed by atoms with van der Waals surface area (Å²) in [5, 5.41) is 5.09. The molecule has 26 heavy (non-hydrogen) atoms. The Kier molecular flexibility index (Phi) is 4.99. The molecule has 1 N–H and O–H groups in total. The summed E-state index contributed by atoms with van der Waals surface area (Å²) >= 11 is 0. The number of benzene rings is 3. The minimum Gasteiger partial charge on any atom is -0.481 e. The van der Waals surface area contributed by atoms with Crippen molar-refractivity contribution in [3.05, 3.63) is 72.3 Å². The first-order chi connectivity index (χ1) is 12.3. The van der Waals surface area contributed by atoms with Crippen LogP contribution in [0.1, 0.15) is 33.3 Å². The van der Waals surface area contributed by atoms with Crippen LogP contribution in [0, 0.1) is 0 Å². The zero-order valence-electron chi connectivity index (χ0n) is 15.7. The highest BCUT2D eigenvalue weighted by Crippen LogP contribution is 2.25. The van der Waals surface area contributed by atoms with E-state index in [1.807, 2.05) is 66.7 Å². The number of nitrogens with one attached hydrogen (secondary N) is 1. The maximum atomic E-state index is 12.6. The summed E-state index contributed by atoms with van der Waals surface area (Å²) < 4.78 is 5.82. The van der Waals surface area contributed by atoms with Crippen molar-refractivity contribution in [2.45, 2.75) is 39.2 Å². The van der Waals surface area contributed by atoms with Gasteiger partial charge in [0.15, 0.2) is 6.10 Å². The van der Waals surface area contributed by atoms with Gasteiger partial charge in [-0.05, 0) is 41.5 Å². The number of anilines is 1. The third kappa shape index (κ3) is 4.05. The topological polar surface area (TPSA) is 38.3 Å². The van der Waals surface area contributed by atoms with Crippen molar-refractivity contribution in [2.75, 3.05) is 5.32 Å². The summed E-state index contributed by atoms with van der Waals surface area (Å²) in [5.41, 5.74) is 2.12. The van der Waals surface area contributed by atoms with Gasteiger partial charge in [0.2, 0.25) is 0 Å². The summed E-state index contributed by atoms with van der Waals surface area (Å²) in [6, 6.07) is 21.8. The lowest BCUT2D eigenvalue weighted by molar-refractivity contribution is -0.122. The number of hydrogen-bond donors (Lipinski definition) is 1. The largest absolute Gasteiger partial charge is 0.481 e. The maximum Gasteiger partial charge on any atom is 0.265 e. The molecule has 0 radical (unpaired) electrons. The van der Waals surface area contributed by atoms with E-state index >= 15 is 0 Å². The van der Waals surface area contributed by atoms with Gasteiger partial charge in [-0.3, -0.25) is 4.79 Å². The fourth-order valence-corrected chi connectivity index (χ4v) is 2.86. The monoisotopic (exact) mass is 347 g/mol. The summed E-state index contributed by atoms with van der Waals surface area (Å²) in [6.45, 7) is 8.27. The predicted molar refractivity (Wildman–Crippen MR) is 108 cm³/mol. The first-order valence-electron chi connectivity index (χ1n) is 8.90. The molecule has 3 aromatic carbocycles. The Balaban J connectivity index is 1.70. The van der Waals surface area contributed by atoms with Crippen LogP contribution in [0.25, 0.3) is 10.8 Å². The molecule has 3 rings (SSSR count). The van der Waals surface area contributed by atoms with Crippen LogP contribution in [0.5, 0.6) is 5.75 Å². The molecule has 0 saturated heterocycles. The quantitative estimate of drug-likeness (QED) is 0.672. The molecule has 0 aromatic heterocycles. The number of carbonyl (C=O) groups is 1. The van der Waals surface area contributed by atoms with Crippen LogP contribution in [-0.2, 0) is 10.2 Å². The third-order valence-corrected chi connectivity index (χ3v) is 4.45. The zero-order valence-corrected chi connectivity index (χ0v) is 15.7. The molecule has 1 atom stereocenters. The fraction of sp³-hybridized carbons (Fsp3) is 0.261. The summed E-state index contributed by atoms with van der Waals surface area (Å²) in [6.07, 6.45) is -0.588. The van der Waals surface area contributed by atoms with E-state index in [-0.39, 0.29) is 11.3 Å². The lowest BCUT2D eigenvalue weighted by Gasteiger charge is -2.20. The lowest BCUT2D eigenvalue weighted by Crippen LogP contribution is -2.30. The van der Waals surface area contributed by atoms with Gasteiger partial charge >= 0.3 is 0 Å². The minimum atomic E-state index is -0.588. The van der Waals surface area contributed by atoms with Crippen LogP contribution < -0.4 is 10.1 Å². The highest BCUT2D eigenvalue weighted by Gasteiger charge is 2.17. The maximum absolute atomic E-state index is 12.6. The van der Waals surface area contributed by atoms with Gasteiger partial charge in [-0.25, -0.2) is 0 Å². The molecule has 0 bridgehead atoms. The number of fused-ring (bicyclic) bond motifs is 1. The third-order valence-electron chi connectivity index (χ3n) is 4.45. The zero-order chi connectivity index (χ0) is 18.7. The Hall–Kier alpha value is -2.81. The van der Waals surface area contributed by atoms with Crippen molar-refractivity contribution >= 4 is 22.4 Å². The normalized spacial score (nSPS) is 12.6. The number of carbonyl (C=O) groups excluding carboxylic acids is 1. The second-order valence-corrected chi connectivity index (χ2v) is 7.55. The predicted octanol–water partition coefficient (Wildman–Crippen LogP) is 5.54. The smallest absolute Gasteiger partial charge is 0.265 e. The van der Waals surface area contributed by atoms with Crippen molar-refractivity contribution in [1.29, 1.82) is 0 Å². The molecule has 0 aliphatic heterocycles. The van der Waals surface area contributed by atoms with E-state index in [1.54, 1.807) is 6.92 Å². The molecule has 0 fully saturated rings. The molecular formula is C23H25NO2. The summed E-state index contributed by atoms with van der Waals surface area (Å²) in [7, 11) is 0. The summed E-state index contributed by atoms with van der Waals surface area (Å²) in [4.78, 5) is 12.6. The van der Waals surface area contributed by atoms with Crippen LogP contribution in [0.3, 0.4) is 0 Å². The molecule has 134 valence electrons. The van der Waals surface area contributed by atoms with Crippen LogP contribution >= 0.6 is 0 Å². The van der Waals surface area contributed by atoms with Crippen molar-refractivity contribution in [3.63, 3.8) is 0 Å². The molecule has 0 aliphatic carbocycles. The molecule has 0 unspecified atom stereocenters. The average Bonchev–Trinajstić information content (AvgIpc) is 2.61. The summed E-state index contributed by atoms with van der Waals surface area (Å²) in [5.74, 6) is 0.528. The molecule has 0 aliphatic rings. The SMILES string of the molecule is C[C@H](Oc1ccc(C(C)(C)C)cc1)C(=O)Nc1cccc2ccccc12. The van der Waals surface area contributed by atoms with Crippen molar-refractivity contribution in [2.24, 2.45) is 0 Å². The van der Waals surface area contributed by atoms with E-state index in [1.165, 1.54) is 5.56 Å². The Labute approximate surface area is 155 Å². The molecule has 0 spiro atoms. The van der Waals surface area contributed by atoms with E-state index in [0.29, 0.717) is 5.75 Å². The van der Waals surface area contributed by atoms with Crippen molar-refractivity contribution in [3.8, 4) is 5.75 Å². The molecule has 0 saturated carbocycles. The first kappa shape index (κ1) is 18.0. The molecule has 3 aromatic rings. The van der Waals surface area contributed by atoms with Crippen LogP contribution in [0.4, 0.5) is 5.69 Å². The second-order valence-electron chi connectivity index (χ2n) is 7.55. The van der Waals surface area contributed by atoms with Crippen molar-refractivity contribution < 1.29 is 9.53 Å². The standard InChI is InChI=1S/C23H25NO2/c1-16(26-19-14-12-18(13-15-19)23(2,3)4)22(25)24-21-11-7-9-17-8-5-6-10-20(17)21/h5-16H,1-4H3,(H,24,25)/t16-/m0/s1. The van der Waals surface area contributed by atoms with Crippen molar-refractivity contribution in [1.82, 2.24) is 0 Å². The van der Waals surface area contributed by atoms with E-state index < -0.39 is 6.10 Å². The average molecular weight is 347 g/mol. The second kappa shape index (κ2) is 7.20. The fourth-order valence-electron chi connectivity index (χ4n) is 2.86. The Morgan fingerprint density at radius 2 is 1.58 bits per heavy atom. The highest BCUT2D eigenvalue weighted by atomic mass is 16.5. The van der Waals surface area contributed by atoms with Gasteiger partial charge in [0, 0.05) is 11.1 Å². The van der Waals surface area contributed by atoms with Gasteiger partial charge in [-0.1, -0.05) is 69.3 Å². The van der Waals surface area contributed by atoms with E-state index in [9.17, 15) is 4.79 Å². The van der Waals surface area contributed by atoms with E-state index in [0.717, 1.165) is 16.5 Å². The van der Waals surface area contributed by atoms with Gasteiger partial charge in [0.25, 0.3) is 5.91 Å². The minimum absolute atomic E-state index is 0.0931. The molecule has 0 heterocycles. The Morgan fingerprint density at radius 3 is 2.27 bits per heavy atom. The molecule has 3 nitrogen and oxygen atoms in total. The Morgan fingerprint density at radius 1 is 0.923 bits per heavy atom. The number of hydrogen-bond acceptors (Lipinski definition) is 2. The van der Waals surface area contributed by atoms with Gasteiger partial charge in [-0.2, -0.15) is 0 Å². The highest BCUT2D eigenvalue weighted by molar-refractivity contribution is 6.03. The molecule has 3 heteroatoms. The molecule has 1 amide bonds. The number of ether oxygens (including phenoxy) is 1. The van der Waals surface area contributed by atoms with E-state index in [2.05, 4.69) is 26.1 Å². The lowest BCUT2D eigenvalue weighted by atomic mass is 9.87. The van der Waals surface area contributed by atoms with Gasteiger partial charge < -0.3 is 10.1 Å². The number of rotatable bonds is 4. The van der Waals surface area contributed by atoms with Gasteiger partial charge in [-0.15, -0.1) is 0 Å². The number of amides is 1.